The van der Waals surface area contributed by atoms with Crippen LogP contribution in [0.5, 0.6) is 0 Å². The van der Waals surface area contributed by atoms with Crippen LogP contribution in [0.4, 0.5) is 5.69 Å². The summed E-state index contributed by atoms with van der Waals surface area (Å²) in [5.74, 6) is -0.847. The Morgan fingerprint density at radius 3 is 2.53 bits per heavy atom. The van der Waals surface area contributed by atoms with Gasteiger partial charge >= 0.3 is 5.97 Å². The number of hydrogen-bond donors (Lipinski definition) is 1. The molecule has 0 aliphatic carbocycles. The van der Waals surface area contributed by atoms with Crippen molar-refractivity contribution >= 4 is 11.7 Å². The summed E-state index contributed by atoms with van der Waals surface area (Å²) in [6.07, 6.45) is 3.45. The number of carbonyl (C=O) groups is 1. The number of aryl methyl sites for hydroxylation is 1. The minimum atomic E-state index is -0.847. The van der Waals surface area contributed by atoms with Crippen LogP contribution in [-0.4, -0.2) is 23.7 Å². The zero-order valence-corrected chi connectivity index (χ0v) is 12.4. The van der Waals surface area contributed by atoms with Gasteiger partial charge < -0.3 is 10.0 Å². The first kappa shape index (κ1) is 15.5. The molecule has 1 N–H and O–H groups in total. The first-order valence-electron chi connectivity index (χ1n) is 7.08. The molecule has 1 aromatic rings. The zero-order chi connectivity index (χ0) is 14.4. The Kier molecular flexibility index (Phi) is 5.87. The van der Waals surface area contributed by atoms with Gasteiger partial charge in [-0.1, -0.05) is 31.9 Å². The highest BCUT2D eigenvalue weighted by Crippen LogP contribution is 2.27. The summed E-state index contributed by atoms with van der Waals surface area (Å²) in [5.41, 5.74) is 2.32. The largest absolute Gasteiger partial charge is 0.478 e. The van der Waals surface area contributed by atoms with Gasteiger partial charge in [-0.15, -0.1) is 0 Å². The van der Waals surface area contributed by atoms with E-state index in [0.717, 1.165) is 24.2 Å². The zero-order valence-electron chi connectivity index (χ0n) is 12.4. The van der Waals surface area contributed by atoms with Crippen molar-refractivity contribution in [3.05, 3.63) is 29.3 Å². The second-order valence-corrected chi connectivity index (χ2v) is 5.27. The molecule has 0 bridgehead atoms. The summed E-state index contributed by atoms with van der Waals surface area (Å²) < 4.78 is 0. The van der Waals surface area contributed by atoms with Crippen molar-refractivity contribution in [1.82, 2.24) is 0 Å². The second-order valence-electron chi connectivity index (χ2n) is 5.27. The van der Waals surface area contributed by atoms with Crippen LogP contribution in [0.3, 0.4) is 0 Å². The molecule has 0 saturated heterocycles. The number of para-hydroxylation sites is 1. The average molecular weight is 263 g/mol. The molecule has 1 aromatic carbocycles. The fourth-order valence-corrected chi connectivity index (χ4v) is 2.37. The lowest BCUT2D eigenvalue weighted by molar-refractivity contribution is 0.0697. The topological polar surface area (TPSA) is 40.5 Å². The van der Waals surface area contributed by atoms with Crippen molar-refractivity contribution in [3.63, 3.8) is 0 Å². The Hall–Kier alpha value is -1.51. The predicted octanol–water partition coefficient (Wildman–Crippen LogP) is 4.10. The fourth-order valence-electron chi connectivity index (χ4n) is 2.37. The Labute approximate surface area is 116 Å². The molecule has 1 rings (SSSR count). The van der Waals surface area contributed by atoms with Gasteiger partial charge in [-0.05, 0) is 38.8 Å². The lowest BCUT2D eigenvalue weighted by atomic mass is 10.0. The fraction of sp³-hybridized carbons (Fsp3) is 0.562. The molecule has 0 fully saturated rings. The van der Waals surface area contributed by atoms with Crippen LogP contribution in [-0.2, 0) is 0 Å². The number of rotatable bonds is 7. The highest BCUT2D eigenvalue weighted by atomic mass is 16.4. The van der Waals surface area contributed by atoms with E-state index in [1.165, 1.54) is 12.8 Å². The number of benzene rings is 1. The van der Waals surface area contributed by atoms with E-state index in [0.29, 0.717) is 11.6 Å². The molecule has 0 unspecified atom stereocenters. The van der Waals surface area contributed by atoms with Crippen molar-refractivity contribution in [1.29, 1.82) is 0 Å². The Morgan fingerprint density at radius 1 is 1.32 bits per heavy atom. The molecule has 0 atom stereocenters. The molecule has 0 heterocycles. The maximum Gasteiger partial charge on any atom is 0.337 e. The molecule has 0 aliphatic rings. The predicted molar refractivity (Wildman–Crippen MR) is 80.1 cm³/mol. The first-order valence-corrected chi connectivity index (χ1v) is 7.08. The smallest absolute Gasteiger partial charge is 0.337 e. The lowest BCUT2D eigenvalue weighted by Gasteiger charge is -2.31. The molecule has 0 radical (unpaired) electrons. The third-order valence-electron chi connectivity index (χ3n) is 3.38. The summed E-state index contributed by atoms with van der Waals surface area (Å²) in [6, 6.07) is 5.79. The third kappa shape index (κ3) is 3.98. The SMILES string of the molecule is CCCCCN(c1c(C)cccc1C(=O)O)C(C)C. The van der Waals surface area contributed by atoms with E-state index >= 15 is 0 Å². The minimum absolute atomic E-state index is 0.302. The van der Waals surface area contributed by atoms with E-state index in [1.54, 1.807) is 6.07 Å². The molecule has 106 valence electrons. The number of carboxylic acids is 1. The minimum Gasteiger partial charge on any atom is -0.478 e. The maximum absolute atomic E-state index is 11.4. The highest BCUT2D eigenvalue weighted by Gasteiger charge is 2.19. The van der Waals surface area contributed by atoms with Gasteiger partial charge in [-0.3, -0.25) is 0 Å². The molecule has 0 aromatic heterocycles. The third-order valence-corrected chi connectivity index (χ3v) is 3.38. The Morgan fingerprint density at radius 2 is 2.00 bits per heavy atom. The molecule has 0 saturated carbocycles. The first-order chi connectivity index (χ1) is 8.99. The van der Waals surface area contributed by atoms with Crippen molar-refractivity contribution in [2.45, 2.75) is 53.0 Å². The Bertz CT molecular complexity index is 427. The van der Waals surface area contributed by atoms with Gasteiger partial charge in [0.1, 0.15) is 0 Å². The van der Waals surface area contributed by atoms with Crippen LogP contribution in [0, 0.1) is 6.92 Å². The number of nitrogens with zero attached hydrogens (tertiary/aromatic N) is 1. The Balaban J connectivity index is 3.10. The molecular weight excluding hydrogens is 238 g/mol. The van der Waals surface area contributed by atoms with Crippen LogP contribution < -0.4 is 4.90 Å². The summed E-state index contributed by atoms with van der Waals surface area (Å²) in [5, 5.41) is 9.37. The van der Waals surface area contributed by atoms with E-state index in [4.69, 9.17) is 0 Å². The van der Waals surface area contributed by atoms with Gasteiger partial charge in [0.25, 0.3) is 0 Å². The molecule has 3 nitrogen and oxygen atoms in total. The monoisotopic (exact) mass is 263 g/mol. The van der Waals surface area contributed by atoms with Crippen molar-refractivity contribution < 1.29 is 9.90 Å². The number of unbranched alkanes of at least 4 members (excludes halogenated alkanes) is 2. The number of aromatic carboxylic acids is 1. The molecule has 0 aliphatic heterocycles. The number of carboxylic acid groups (broad SMARTS) is 1. The van der Waals surface area contributed by atoms with Gasteiger partial charge in [-0.2, -0.15) is 0 Å². The van der Waals surface area contributed by atoms with Crippen molar-refractivity contribution in [2.24, 2.45) is 0 Å². The van der Waals surface area contributed by atoms with Crippen LogP contribution in [0.2, 0.25) is 0 Å². The molecule has 19 heavy (non-hydrogen) atoms. The van der Waals surface area contributed by atoms with Gasteiger partial charge in [0.15, 0.2) is 0 Å². The van der Waals surface area contributed by atoms with Gasteiger partial charge in [0.05, 0.1) is 11.3 Å². The van der Waals surface area contributed by atoms with Crippen LogP contribution in [0.15, 0.2) is 18.2 Å². The molecule has 3 heteroatoms. The molecule has 0 spiro atoms. The van der Waals surface area contributed by atoms with E-state index in [9.17, 15) is 9.90 Å². The summed E-state index contributed by atoms with van der Waals surface area (Å²) in [4.78, 5) is 13.6. The van der Waals surface area contributed by atoms with Crippen molar-refractivity contribution in [3.8, 4) is 0 Å². The normalized spacial score (nSPS) is 10.8. The van der Waals surface area contributed by atoms with E-state index < -0.39 is 5.97 Å². The van der Waals surface area contributed by atoms with Crippen LogP contribution >= 0.6 is 0 Å². The van der Waals surface area contributed by atoms with Gasteiger partial charge in [0, 0.05) is 12.6 Å². The molecule has 0 amide bonds. The summed E-state index contributed by atoms with van der Waals surface area (Å²) in [6.45, 7) is 9.30. The van der Waals surface area contributed by atoms with Gasteiger partial charge in [0.2, 0.25) is 0 Å². The van der Waals surface area contributed by atoms with E-state index in [-0.39, 0.29) is 0 Å². The second kappa shape index (κ2) is 7.17. The summed E-state index contributed by atoms with van der Waals surface area (Å²) in [7, 11) is 0. The van der Waals surface area contributed by atoms with E-state index in [2.05, 4.69) is 25.7 Å². The molecular formula is C16H25NO2. The number of anilines is 1. The van der Waals surface area contributed by atoms with Crippen molar-refractivity contribution in [2.75, 3.05) is 11.4 Å². The van der Waals surface area contributed by atoms with Crippen LogP contribution in [0.25, 0.3) is 0 Å². The highest BCUT2D eigenvalue weighted by molar-refractivity contribution is 5.95. The summed E-state index contributed by atoms with van der Waals surface area (Å²) >= 11 is 0. The maximum atomic E-state index is 11.4. The quantitative estimate of drug-likeness (QED) is 0.753. The average Bonchev–Trinajstić information content (AvgIpc) is 2.34. The van der Waals surface area contributed by atoms with Gasteiger partial charge in [-0.25, -0.2) is 4.79 Å². The number of hydrogen-bond acceptors (Lipinski definition) is 2. The standard InChI is InChI=1S/C16H25NO2/c1-5-6-7-11-17(12(2)3)15-13(4)9-8-10-14(15)16(18)19/h8-10,12H,5-7,11H2,1-4H3,(H,18,19). The lowest BCUT2D eigenvalue weighted by Crippen LogP contribution is -2.33. The van der Waals surface area contributed by atoms with E-state index in [1.807, 2.05) is 19.1 Å². The van der Waals surface area contributed by atoms with Crippen LogP contribution in [0.1, 0.15) is 56.0 Å².